The van der Waals surface area contributed by atoms with Crippen LogP contribution < -0.4 is 20.1 Å². The third kappa shape index (κ3) is 3.84. The number of ketones is 1. The molecule has 2 N–H and O–H groups in total. The quantitative estimate of drug-likeness (QED) is 0.826. The Hall–Kier alpha value is -3.02. The highest BCUT2D eigenvalue weighted by Gasteiger charge is 2.12. The van der Waals surface area contributed by atoms with Gasteiger partial charge in [-0.3, -0.25) is 9.59 Å². The van der Waals surface area contributed by atoms with Crippen LogP contribution in [0.3, 0.4) is 0 Å². The van der Waals surface area contributed by atoms with Gasteiger partial charge in [0.05, 0.1) is 6.54 Å². The van der Waals surface area contributed by atoms with Crippen LogP contribution in [0.5, 0.6) is 11.5 Å². The number of hydrogen-bond acceptors (Lipinski definition) is 5. The minimum atomic E-state index is -0.180. The molecule has 0 radical (unpaired) electrons. The van der Waals surface area contributed by atoms with Crippen molar-refractivity contribution in [1.82, 2.24) is 0 Å². The standard InChI is InChI=1S/C18H18N2O4/c1-12(21)13-2-4-14(5-3-13)20-18(22)11-19-15-6-7-16-17(10-15)24-9-8-23-16/h2-7,10,19H,8-9,11H2,1H3,(H,20,22). The number of amides is 1. The van der Waals surface area contributed by atoms with Gasteiger partial charge in [0.25, 0.3) is 0 Å². The molecule has 0 saturated carbocycles. The zero-order valence-electron chi connectivity index (χ0n) is 13.3. The zero-order valence-corrected chi connectivity index (χ0v) is 13.3. The summed E-state index contributed by atoms with van der Waals surface area (Å²) in [6, 6.07) is 12.2. The molecule has 2 aromatic rings. The van der Waals surface area contributed by atoms with Crippen molar-refractivity contribution in [2.24, 2.45) is 0 Å². The fourth-order valence-electron chi connectivity index (χ4n) is 2.33. The van der Waals surface area contributed by atoms with Crippen molar-refractivity contribution in [1.29, 1.82) is 0 Å². The van der Waals surface area contributed by atoms with E-state index in [-0.39, 0.29) is 18.2 Å². The molecule has 1 heterocycles. The first kappa shape index (κ1) is 15.9. The summed E-state index contributed by atoms with van der Waals surface area (Å²) < 4.78 is 11.0. The summed E-state index contributed by atoms with van der Waals surface area (Å²) in [6.07, 6.45) is 0. The molecule has 1 amide bonds. The van der Waals surface area contributed by atoms with Crippen LogP contribution >= 0.6 is 0 Å². The maximum atomic E-state index is 12.0. The van der Waals surface area contributed by atoms with Crippen molar-refractivity contribution in [3.05, 3.63) is 48.0 Å². The third-order valence-electron chi connectivity index (χ3n) is 3.57. The lowest BCUT2D eigenvalue weighted by Crippen LogP contribution is -2.22. The lowest BCUT2D eigenvalue weighted by molar-refractivity contribution is -0.114. The molecule has 1 aliphatic heterocycles. The van der Waals surface area contributed by atoms with Gasteiger partial charge in [-0.05, 0) is 43.3 Å². The van der Waals surface area contributed by atoms with Crippen molar-refractivity contribution in [3.8, 4) is 11.5 Å². The van der Waals surface area contributed by atoms with Crippen LogP contribution in [0.4, 0.5) is 11.4 Å². The molecule has 6 nitrogen and oxygen atoms in total. The minimum Gasteiger partial charge on any atom is -0.486 e. The average Bonchev–Trinajstić information content (AvgIpc) is 2.60. The van der Waals surface area contributed by atoms with E-state index < -0.39 is 0 Å². The summed E-state index contributed by atoms with van der Waals surface area (Å²) in [5, 5.41) is 5.81. The molecule has 0 aliphatic carbocycles. The molecular formula is C18H18N2O4. The van der Waals surface area contributed by atoms with E-state index in [1.54, 1.807) is 24.3 Å². The zero-order chi connectivity index (χ0) is 16.9. The van der Waals surface area contributed by atoms with Crippen molar-refractivity contribution >= 4 is 23.1 Å². The average molecular weight is 326 g/mol. The van der Waals surface area contributed by atoms with E-state index in [0.29, 0.717) is 36.0 Å². The van der Waals surface area contributed by atoms with Gasteiger partial charge in [-0.15, -0.1) is 0 Å². The highest BCUT2D eigenvalue weighted by atomic mass is 16.6. The van der Waals surface area contributed by atoms with Crippen LogP contribution in [0.2, 0.25) is 0 Å². The summed E-state index contributed by atoms with van der Waals surface area (Å²) in [5.41, 5.74) is 2.04. The molecule has 1 aliphatic rings. The van der Waals surface area contributed by atoms with Crippen molar-refractivity contribution in [2.75, 3.05) is 30.4 Å². The van der Waals surface area contributed by atoms with E-state index >= 15 is 0 Å². The molecule has 0 fully saturated rings. The Morgan fingerprint density at radius 2 is 1.62 bits per heavy atom. The van der Waals surface area contributed by atoms with Gasteiger partial charge in [0.2, 0.25) is 5.91 Å². The first-order valence-corrected chi connectivity index (χ1v) is 7.66. The van der Waals surface area contributed by atoms with E-state index in [2.05, 4.69) is 10.6 Å². The Morgan fingerprint density at radius 1 is 0.958 bits per heavy atom. The molecule has 0 aromatic heterocycles. The number of rotatable bonds is 5. The topological polar surface area (TPSA) is 76.7 Å². The van der Waals surface area contributed by atoms with Crippen LogP contribution in [-0.4, -0.2) is 31.4 Å². The van der Waals surface area contributed by atoms with Gasteiger partial charge in [0, 0.05) is 23.0 Å². The van der Waals surface area contributed by atoms with E-state index in [0.717, 1.165) is 5.69 Å². The van der Waals surface area contributed by atoms with Gasteiger partial charge in [0.1, 0.15) is 13.2 Å². The van der Waals surface area contributed by atoms with E-state index in [4.69, 9.17) is 9.47 Å². The van der Waals surface area contributed by atoms with Crippen molar-refractivity contribution < 1.29 is 19.1 Å². The summed E-state index contributed by atoms with van der Waals surface area (Å²) in [5.74, 6) is 1.20. The molecular weight excluding hydrogens is 308 g/mol. The number of Topliss-reactive ketones (excluding diaryl/α,β-unsaturated/α-hetero) is 1. The summed E-state index contributed by atoms with van der Waals surface area (Å²) in [7, 11) is 0. The Bertz CT molecular complexity index is 756. The molecule has 2 aromatic carbocycles. The van der Waals surface area contributed by atoms with Crippen LogP contribution in [-0.2, 0) is 4.79 Å². The molecule has 0 unspecified atom stereocenters. The van der Waals surface area contributed by atoms with E-state index in [1.165, 1.54) is 6.92 Å². The second-order valence-corrected chi connectivity index (χ2v) is 5.39. The molecule has 0 atom stereocenters. The number of fused-ring (bicyclic) bond motifs is 1. The summed E-state index contributed by atoms with van der Waals surface area (Å²) in [6.45, 7) is 2.69. The number of carbonyl (C=O) groups excluding carboxylic acids is 2. The number of nitrogens with one attached hydrogen (secondary N) is 2. The van der Waals surface area contributed by atoms with Crippen molar-refractivity contribution in [2.45, 2.75) is 6.92 Å². The van der Waals surface area contributed by atoms with Crippen LogP contribution in [0.15, 0.2) is 42.5 Å². The molecule has 6 heteroatoms. The highest BCUT2D eigenvalue weighted by Crippen LogP contribution is 2.32. The number of benzene rings is 2. The predicted molar refractivity (Wildman–Crippen MR) is 91.0 cm³/mol. The second-order valence-electron chi connectivity index (χ2n) is 5.39. The minimum absolute atomic E-state index is 0.00634. The second kappa shape index (κ2) is 7.04. The summed E-state index contributed by atoms with van der Waals surface area (Å²) in [4.78, 5) is 23.2. The molecule has 3 rings (SSSR count). The lowest BCUT2D eigenvalue weighted by Gasteiger charge is -2.19. The van der Waals surface area contributed by atoms with Gasteiger partial charge >= 0.3 is 0 Å². The van der Waals surface area contributed by atoms with E-state index in [1.807, 2.05) is 18.2 Å². The van der Waals surface area contributed by atoms with Gasteiger partial charge in [-0.25, -0.2) is 0 Å². The Morgan fingerprint density at radius 3 is 2.33 bits per heavy atom. The maximum absolute atomic E-state index is 12.0. The SMILES string of the molecule is CC(=O)c1ccc(NC(=O)CNc2ccc3c(c2)OCCO3)cc1. The number of ether oxygens (including phenoxy) is 2. The fraction of sp³-hybridized carbons (Fsp3) is 0.222. The molecule has 0 spiro atoms. The monoisotopic (exact) mass is 326 g/mol. The van der Waals surface area contributed by atoms with Crippen LogP contribution in [0, 0.1) is 0 Å². The highest BCUT2D eigenvalue weighted by molar-refractivity contribution is 5.96. The Balaban J connectivity index is 1.54. The lowest BCUT2D eigenvalue weighted by atomic mass is 10.1. The van der Waals surface area contributed by atoms with Gasteiger partial charge < -0.3 is 20.1 Å². The molecule has 24 heavy (non-hydrogen) atoms. The molecule has 124 valence electrons. The first-order valence-electron chi connectivity index (χ1n) is 7.66. The summed E-state index contributed by atoms with van der Waals surface area (Å²) >= 11 is 0. The van der Waals surface area contributed by atoms with Crippen molar-refractivity contribution in [3.63, 3.8) is 0 Å². The third-order valence-corrected chi connectivity index (χ3v) is 3.57. The molecule has 0 bridgehead atoms. The van der Waals surface area contributed by atoms with Gasteiger partial charge in [-0.1, -0.05) is 0 Å². The van der Waals surface area contributed by atoms with Crippen LogP contribution in [0.1, 0.15) is 17.3 Å². The largest absolute Gasteiger partial charge is 0.486 e. The normalized spacial score (nSPS) is 12.4. The smallest absolute Gasteiger partial charge is 0.243 e. The fourth-order valence-corrected chi connectivity index (χ4v) is 2.33. The molecule has 0 saturated heterocycles. The number of anilines is 2. The first-order chi connectivity index (χ1) is 11.6. The van der Waals surface area contributed by atoms with Gasteiger partial charge in [0.15, 0.2) is 17.3 Å². The number of carbonyl (C=O) groups is 2. The van der Waals surface area contributed by atoms with Crippen LogP contribution in [0.25, 0.3) is 0 Å². The Labute approximate surface area is 139 Å². The Kier molecular flexibility index (Phi) is 4.65. The van der Waals surface area contributed by atoms with Gasteiger partial charge in [-0.2, -0.15) is 0 Å². The predicted octanol–water partition coefficient (Wildman–Crippen LogP) is 2.71. The number of hydrogen-bond donors (Lipinski definition) is 2. The maximum Gasteiger partial charge on any atom is 0.243 e. The van der Waals surface area contributed by atoms with E-state index in [9.17, 15) is 9.59 Å².